The third-order valence-electron chi connectivity index (χ3n) is 5.21. The van der Waals surface area contributed by atoms with Crippen LogP contribution in [0.2, 0.25) is 5.02 Å². The molecule has 0 fully saturated rings. The van der Waals surface area contributed by atoms with E-state index in [9.17, 15) is 23.3 Å². The maximum absolute atomic E-state index is 12.9. The zero-order valence-electron chi connectivity index (χ0n) is 18.6. The monoisotopic (exact) mass is 503 g/mol. The molecule has 1 N–H and O–H groups in total. The van der Waals surface area contributed by atoms with Crippen LogP contribution in [-0.4, -0.2) is 37.7 Å². The molecule has 0 bridgehead atoms. The number of amides is 1. The van der Waals surface area contributed by atoms with Crippen molar-refractivity contribution in [2.24, 2.45) is 0 Å². The number of anilines is 1. The number of benzene rings is 3. The van der Waals surface area contributed by atoms with Crippen LogP contribution in [0.3, 0.4) is 0 Å². The predicted octanol–water partition coefficient (Wildman–Crippen LogP) is 4.64. The van der Waals surface area contributed by atoms with Gasteiger partial charge in [-0.25, -0.2) is 8.42 Å². The van der Waals surface area contributed by atoms with Gasteiger partial charge in [-0.3, -0.25) is 14.9 Å². The third-order valence-corrected chi connectivity index (χ3v) is 7.28. The number of ether oxygens (including phenoxy) is 1. The van der Waals surface area contributed by atoms with Crippen molar-refractivity contribution < 1.29 is 22.9 Å². The Labute approximate surface area is 202 Å². The molecule has 3 aromatic rings. The fourth-order valence-corrected chi connectivity index (χ4v) is 4.58. The number of methoxy groups -OCH3 is 1. The molecule has 9 nitrogen and oxygen atoms in total. The fourth-order valence-electron chi connectivity index (χ4n) is 3.31. The van der Waals surface area contributed by atoms with Gasteiger partial charge in [-0.1, -0.05) is 17.7 Å². The number of rotatable bonds is 8. The second kappa shape index (κ2) is 10.2. The molecule has 0 saturated heterocycles. The zero-order chi connectivity index (χ0) is 25.0. The van der Waals surface area contributed by atoms with Gasteiger partial charge in [0.05, 0.1) is 28.2 Å². The highest BCUT2D eigenvalue weighted by Gasteiger charge is 2.23. The Morgan fingerprint density at radius 3 is 2.44 bits per heavy atom. The number of carbonyl (C=O) groups is 1. The van der Waals surface area contributed by atoms with Gasteiger partial charge in [0.25, 0.3) is 11.6 Å². The summed E-state index contributed by atoms with van der Waals surface area (Å²) in [4.78, 5) is 23.6. The number of nitrogens with one attached hydrogen (secondary N) is 1. The number of nitro groups is 1. The van der Waals surface area contributed by atoms with Gasteiger partial charge < -0.3 is 10.1 Å². The number of halogens is 1. The molecule has 0 aliphatic carbocycles. The van der Waals surface area contributed by atoms with E-state index in [0.717, 1.165) is 4.31 Å². The van der Waals surface area contributed by atoms with Crippen molar-refractivity contribution in [2.45, 2.75) is 18.4 Å². The van der Waals surface area contributed by atoms with Crippen LogP contribution in [0, 0.1) is 17.0 Å². The first-order valence-corrected chi connectivity index (χ1v) is 11.8. The number of hydrogen-bond acceptors (Lipinski definition) is 6. The molecule has 0 unspecified atom stereocenters. The van der Waals surface area contributed by atoms with Gasteiger partial charge in [-0.05, 0) is 55.5 Å². The summed E-state index contributed by atoms with van der Waals surface area (Å²) in [6, 6.07) is 14.8. The van der Waals surface area contributed by atoms with Crippen LogP contribution < -0.4 is 10.1 Å². The minimum absolute atomic E-state index is 0.0644. The van der Waals surface area contributed by atoms with E-state index in [4.69, 9.17) is 16.3 Å². The van der Waals surface area contributed by atoms with E-state index in [-0.39, 0.29) is 22.7 Å². The molecule has 178 valence electrons. The Morgan fingerprint density at radius 1 is 1.15 bits per heavy atom. The minimum atomic E-state index is -3.82. The Morgan fingerprint density at radius 2 is 1.82 bits per heavy atom. The van der Waals surface area contributed by atoms with Crippen LogP contribution in [-0.2, 0) is 16.6 Å². The van der Waals surface area contributed by atoms with E-state index in [1.165, 1.54) is 62.7 Å². The Kier molecular flexibility index (Phi) is 7.55. The maximum atomic E-state index is 12.9. The van der Waals surface area contributed by atoms with E-state index in [1.807, 2.05) is 0 Å². The minimum Gasteiger partial charge on any atom is -0.496 e. The summed E-state index contributed by atoms with van der Waals surface area (Å²) in [7, 11) is -0.962. The molecule has 3 aromatic carbocycles. The zero-order valence-corrected chi connectivity index (χ0v) is 20.2. The molecule has 1 amide bonds. The van der Waals surface area contributed by atoms with Crippen molar-refractivity contribution in [3.63, 3.8) is 0 Å². The van der Waals surface area contributed by atoms with E-state index < -0.39 is 20.9 Å². The lowest BCUT2D eigenvalue weighted by Gasteiger charge is -2.19. The average Bonchev–Trinajstić information content (AvgIpc) is 2.80. The second-order valence-electron chi connectivity index (χ2n) is 7.40. The number of nitrogens with zero attached hydrogens (tertiary/aromatic N) is 2. The van der Waals surface area contributed by atoms with E-state index in [1.54, 1.807) is 19.1 Å². The summed E-state index contributed by atoms with van der Waals surface area (Å²) in [5, 5.41) is 14.3. The first-order chi connectivity index (χ1) is 16.0. The molecule has 0 aliphatic rings. The Balaban J connectivity index is 1.87. The van der Waals surface area contributed by atoms with Crippen molar-refractivity contribution in [1.29, 1.82) is 0 Å². The van der Waals surface area contributed by atoms with Gasteiger partial charge in [0.1, 0.15) is 5.75 Å². The summed E-state index contributed by atoms with van der Waals surface area (Å²) in [5.41, 5.74) is 1.22. The van der Waals surface area contributed by atoms with Gasteiger partial charge >= 0.3 is 0 Å². The average molecular weight is 504 g/mol. The smallest absolute Gasteiger partial charge is 0.274 e. The van der Waals surface area contributed by atoms with Crippen LogP contribution in [0.25, 0.3) is 0 Å². The van der Waals surface area contributed by atoms with Crippen LogP contribution in [0.15, 0.2) is 65.6 Å². The van der Waals surface area contributed by atoms with Crippen LogP contribution >= 0.6 is 11.6 Å². The summed E-state index contributed by atoms with van der Waals surface area (Å²) in [5.74, 6) is -0.100. The number of sulfonamides is 1. The lowest BCUT2D eigenvalue weighted by Crippen LogP contribution is -2.27. The van der Waals surface area contributed by atoms with Crippen molar-refractivity contribution in [1.82, 2.24) is 4.31 Å². The topological polar surface area (TPSA) is 119 Å². The molecule has 34 heavy (non-hydrogen) atoms. The number of carbonyl (C=O) groups excluding carboxylic acids is 1. The Hall–Kier alpha value is -3.47. The summed E-state index contributed by atoms with van der Waals surface area (Å²) in [6.07, 6.45) is 0. The predicted molar refractivity (Wildman–Crippen MR) is 129 cm³/mol. The SMILES string of the molecule is COc1ccc(C(=O)Nc2cccc([N+](=O)[O-])c2C)cc1CN(C)S(=O)(=O)c1ccc(Cl)cc1. The van der Waals surface area contributed by atoms with Crippen molar-refractivity contribution in [3.8, 4) is 5.75 Å². The Bertz CT molecular complexity index is 1340. The summed E-state index contributed by atoms with van der Waals surface area (Å²) >= 11 is 5.85. The lowest BCUT2D eigenvalue weighted by molar-refractivity contribution is -0.385. The molecule has 0 heterocycles. The van der Waals surface area contributed by atoms with Crippen molar-refractivity contribution in [2.75, 3.05) is 19.5 Å². The van der Waals surface area contributed by atoms with Gasteiger partial charge in [-0.15, -0.1) is 0 Å². The van der Waals surface area contributed by atoms with Crippen LogP contribution in [0.1, 0.15) is 21.5 Å². The lowest BCUT2D eigenvalue weighted by atomic mass is 10.1. The van der Waals surface area contributed by atoms with Crippen molar-refractivity contribution in [3.05, 3.63) is 92.5 Å². The van der Waals surface area contributed by atoms with Crippen LogP contribution in [0.4, 0.5) is 11.4 Å². The standard InChI is InChI=1S/C23H22ClN3O6S/c1-15-20(5-4-6-21(15)27(29)30)25-23(28)16-7-12-22(33-3)17(13-16)14-26(2)34(31,32)19-10-8-18(24)9-11-19/h4-13H,14H2,1-3H3,(H,25,28). The molecule has 0 saturated carbocycles. The molecule has 3 rings (SSSR count). The first kappa shape index (κ1) is 25.2. The van der Waals surface area contributed by atoms with Gasteiger partial charge in [0.2, 0.25) is 10.0 Å². The molecule has 0 atom stereocenters. The number of hydrogen-bond donors (Lipinski definition) is 1. The van der Waals surface area contributed by atoms with Gasteiger partial charge in [0, 0.05) is 35.8 Å². The third kappa shape index (κ3) is 5.36. The van der Waals surface area contributed by atoms with Gasteiger partial charge in [-0.2, -0.15) is 4.31 Å². The highest BCUT2D eigenvalue weighted by Crippen LogP contribution is 2.28. The van der Waals surface area contributed by atoms with Gasteiger partial charge in [0.15, 0.2) is 0 Å². The molecule has 11 heteroatoms. The highest BCUT2D eigenvalue weighted by atomic mass is 35.5. The summed E-state index contributed by atoms with van der Waals surface area (Å²) < 4.78 is 32.4. The molecule has 0 aromatic heterocycles. The quantitative estimate of drug-likeness (QED) is 0.353. The highest BCUT2D eigenvalue weighted by molar-refractivity contribution is 7.89. The van der Waals surface area contributed by atoms with E-state index in [2.05, 4.69) is 5.32 Å². The number of nitro benzene ring substituents is 1. The molecule has 0 spiro atoms. The maximum Gasteiger partial charge on any atom is 0.274 e. The van der Waals surface area contributed by atoms with E-state index in [0.29, 0.717) is 27.6 Å². The van der Waals surface area contributed by atoms with Crippen LogP contribution in [0.5, 0.6) is 5.75 Å². The molecular weight excluding hydrogens is 482 g/mol. The second-order valence-corrected chi connectivity index (χ2v) is 9.88. The van der Waals surface area contributed by atoms with Crippen molar-refractivity contribution >= 4 is 38.9 Å². The summed E-state index contributed by atoms with van der Waals surface area (Å²) in [6.45, 7) is 1.48. The molecule has 0 aliphatic heterocycles. The molecular formula is C23H22ClN3O6S. The largest absolute Gasteiger partial charge is 0.496 e. The van der Waals surface area contributed by atoms with E-state index >= 15 is 0 Å². The molecule has 0 radical (unpaired) electrons. The normalized spacial score (nSPS) is 11.3. The first-order valence-electron chi connectivity index (χ1n) is 9.98. The fraction of sp³-hybridized carbons (Fsp3) is 0.174.